The first-order chi connectivity index (χ1) is 9.08. The molecule has 0 aliphatic rings. The van der Waals surface area contributed by atoms with Crippen molar-refractivity contribution in [3.63, 3.8) is 0 Å². The van der Waals surface area contributed by atoms with Gasteiger partial charge >= 0.3 is 5.97 Å². The number of benzene rings is 1. The lowest BCUT2D eigenvalue weighted by Gasteiger charge is -2.23. The van der Waals surface area contributed by atoms with Crippen molar-refractivity contribution in [2.45, 2.75) is 24.3 Å². The standard InChI is InChI=1S/C13H17NO5S/c1-13(2,12(16)19-3)14-11(15)9-6-5-7-10(8-9)20(4,17)18/h5-8H,1-4H3,(H,14,15). The van der Waals surface area contributed by atoms with Crippen LogP contribution in [0, 0.1) is 0 Å². The topological polar surface area (TPSA) is 89.5 Å². The smallest absolute Gasteiger partial charge is 0.330 e. The average Bonchev–Trinajstić information content (AvgIpc) is 2.36. The summed E-state index contributed by atoms with van der Waals surface area (Å²) in [6.45, 7) is 2.99. The first-order valence-electron chi connectivity index (χ1n) is 5.79. The highest BCUT2D eigenvalue weighted by Crippen LogP contribution is 2.13. The van der Waals surface area contributed by atoms with Crippen LogP contribution in [0.25, 0.3) is 0 Å². The van der Waals surface area contributed by atoms with E-state index in [0.717, 1.165) is 6.26 Å². The van der Waals surface area contributed by atoms with Crippen molar-refractivity contribution < 1.29 is 22.7 Å². The summed E-state index contributed by atoms with van der Waals surface area (Å²) in [5.74, 6) is -1.14. The Kier molecular flexibility index (Phi) is 4.54. The molecule has 1 rings (SSSR count). The van der Waals surface area contributed by atoms with Gasteiger partial charge in [-0.2, -0.15) is 0 Å². The Labute approximate surface area is 118 Å². The van der Waals surface area contributed by atoms with Gasteiger partial charge < -0.3 is 10.1 Å². The number of esters is 1. The minimum atomic E-state index is -3.40. The Balaban J connectivity index is 3.03. The molecule has 0 aromatic heterocycles. The number of hydrogen-bond acceptors (Lipinski definition) is 5. The van der Waals surface area contributed by atoms with Crippen LogP contribution in [0.1, 0.15) is 24.2 Å². The van der Waals surface area contributed by atoms with Crippen LogP contribution in [0.3, 0.4) is 0 Å². The minimum Gasteiger partial charge on any atom is -0.467 e. The Hall–Kier alpha value is -1.89. The highest BCUT2D eigenvalue weighted by Gasteiger charge is 2.30. The van der Waals surface area contributed by atoms with E-state index in [-0.39, 0.29) is 10.5 Å². The molecule has 0 aliphatic heterocycles. The maximum Gasteiger partial charge on any atom is 0.330 e. The number of amides is 1. The minimum absolute atomic E-state index is 0.0426. The van der Waals surface area contributed by atoms with Gasteiger partial charge in [0.15, 0.2) is 9.84 Å². The molecule has 0 atom stereocenters. The van der Waals surface area contributed by atoms with Crippen LogP contribution >= 0.6 is 0 Å². The predicted octanol–water partition coefficient (Wildman–Crippen LogP) is 0.771. The second-order valence-electron chi connectivity index (χ2n) is 4.87. The Morgan fingerprint density at radius 2 is 1.85 bits per heavy atom. The maximum atomic E-state index is 12.0. The van der Waals surface area contributed by atoms with E-state index in [0.29, 0.717) is 0 Å². The molecule has 0 saturated carbocycles. The van der Waals surface area contributed by atoms with Crippen LogP contribution in [0.5, 0.6) is 0 Å². The maximum absolute atomic E-state index is 12.0. The van der Waals surface area contributed by atoms with Gasteiger partial charge in [-0.3, -0.25) is 4.79 Å². The van der Waals surface area contributed by atoms with Crippen LogP contribution in [-0.4, -0.2) is 39.2 Å². The SMILES string of the molecule is COC(=O)C(C)(C)NC(=O)c1cccc(S(C)(=O)=O)c1. The summed E-state index contributed by atoms with van der Waals surface area (Å²) in [7, 11) is -2.17. The molecule has 0 aliphatic carbocycles. The van der Waals surface area contributed by atoms with Gasteiger partial charge in [-0.15, -0.1) is 0 Å². The molecule has 0 heterocycles. The van der Waals surface area contributed by atoms with Crippen molar-refractivity contribution in [1.29, 1.82) is 0 Å². The fourth-order valence-electron chi connectivity index (χ4n) is 1.53. The number of ether oxygens (including phenoxy) is 1. The first kappa shape index (κ1) is 16.2. The average molecular weight is 299 g/mol. The van der Waals surface area contributed by atoms with Crippen LogP contribution in [0.2, 0.25) is 0 Å². The third kappa shape index (κ3) is 3.80. The van der Waals surface area contributed by atoms with E-state index >= 15 is 0 Å². The summed E-state index contributed by atoms with van der Waals surface area (Å²) in [6, 6.07) is 5.60. The molecule has 1 N–H and O–H groups in total. The lowest BCUT2D eigenvalue weighted by Crippen LogP contribution is -2.50. The van der Waals surface area contributed by atoms with Gasteiger partial charge in [-0.1, -0.05) is 6.07 Å². The van der Waals surface area contributed by atoms with Gasteiger partial charge in [-0.25, -0.2) is 13.2 Å². The summed E-state index contributed by atoms with van der Waals surface area (Å²) in [4.78, 5) is 23.6. The van der Waals surface area contributed by atoms with Gasteiger partial charge in [0.05, 0.1) is 12.0 Å². The van der Waals surface area contributed by atoms with E-state index in [4.69, 9.17) is 0 Å². The molecule has 0 saturated heterocycles. The van der Waals surface area contributed by atoms with E-state index in [1.54, 1.807) is 0 Å². The van der Waals surface area contributed by atoms with Crippen molar-refractivity contribution in [3.8, 4) is 0 Å². The molecule has 6 nitrogen and oxygen atoms in total. The lowest BCUT2D eigenvalue weighted by molar-refractivity contribution is -0.146. The molecule has 0 radical (unpaired) electrons. The van der Waals surface area contributed by atoms with E-state index < -0.39 is 27.3 Å². The van der Waals surface area contributed by atoms with Crippen molar-refractivity contribution in [2.24, 2.45) is 0 Å². The molecular formula is C13H17NO5S. The van der Waals surface area contributed by atoms with Gasteiger partial charge in [0.2, 0.25) is 0 Å². The molecule has 1 aromatic rings. The zero-order valence-corrected chi connectivity index (χ0v) is 12.6. The molecule has 0 fully saturated rings. The molecular weight excluding hydrogens is 282 g/mol. The zero-order chi connectivity index (χ0) is 15.6. The molecule has 7 heteroatoms. The van der Waals surface area contributed by atoms with Crippen LogP contribution < -0.4 is 5.32 Å². The molecule has 0 bridgehead atoms. The van der Waals surface area contributed by atoms with Crippen molar-refractivity contribution in [1.82, 2.24) is 5.32 Å². The number of sulfone groups is 1. The third-order valence-corrected chi connectivity index (χ3v) is 3.76. The Morgan fingerprint density at radius 3 is 2.35 bits per heavy atom. The number of methoxy groups -OCH3 is 1. The quantitative estimate of drug-likeness (QED) is 0.829. The van der Waals surface area contributed by atoms with E-state index in [1.807, 2.05) is 0 Å². The third-order valence-electron chi connectivity index (χ3n) is 2.65. The summed E-state index contributed by atoms with van der Waals surface area (Å²) >= 11 is 0. The molecule has 1 aromatic carbocycles. The number of carbonyl (C=O) groups excluding carboxylic acids is 2. The van der Waals surface area contributed by atoms with Crippen LogP contribution in [-0.2, 0) is 19.4 Å². The summed E-state index contributed by atoms with van der Waals surface area (Å²) in [6.07, 6.45) is 1.06. The van der Waals surface area contributed by atoms with Crippen molar-refractivity contribution in [2.75, 3.05) is 13.4 Å². The summed E-state index contributed by atoms with van der Waals surface area (Å²) < 4.78 is 27.5. The molecule has 110 valence electrons. The molecule has 0 unspecified atom stereocenters. The van der Waals surface area contributed by atoms with E-state index in [2.05, 4.69) is 10.1 Å². The van der Waals surface area contributed by atoms with Crippen molar-refractivity contribution in [3.05, 3.63) is 29.8 Å². The number of nitrogens with one attached hydrogen (secondary N) is 1. The Morgan fingerprint density at radius 1 is 1.25 bits per heavy atom. The Bertz CT molecular complexity index is 634. The predicted molar refractivity (Wildman–Crippen MR) is 73.1 cm³/mol. The van der Waals surface area contributed by atoms with Gasteiger partial charge in [-0.05, 0) is 32.0 Å². The monoisotopic (exact) mass is 299 g/mol. The van der Waals surface area contributed by atoms with Gasteiger partial charge in [0.25, 0.3) is 5.91 Å². The fraction of sp³-hybridized carbons (Fsp3) is 0.385. The highest BCUT2D eigenvalue weighted by atomic mass is 32.2. The molecule has 1 amide bonds. The number of carbonyl (C=O) groups is 2. The van der Waals surface area contributed by atoms with E-state index in [1.165, 1.54) is 45.2 Å². The molecule has 20 heavy (non-hydrogen) atoms. The summed E-state index contributed by atoms with van der Waals surface area (Å²) in [5.41, 5.74) is -1.04. The van der Waals surface area contributed by atoms with Crippen molar-refractivity contribution >= 4 is 21.7 Å². The zero-order valence-electron chi connectivity index (χ0n) is 11.8. The lowest BCUT2D eigenvalue weighted by atomic mass is 10.1. The van der Waals surface area contributed by atoms with E-state index in [9.17, 15) is 18.0 Å². The van der Waals surface area contributed by atoms with Crippen LogP contribution in [0.15, 0.2) is 29.2 Å². The number of rotatable bonds is 4. The second kappa shape index (κ2) is 5.62. The van der Waals surface area contributed by atoms with Crippen LogP contribution in [0.4, 0.5) is 0 Å². The normalized spacial score (nSPS) is 11.8. The largest absolute Gasteiger partial charge is 0.467 e. The highest BCUT2D eigenvalue weighted by molar-refractivity contribution is 7.90. The fourth-order valence-corrected chi connectivity index (χ4v) is 2.20. The van der Waals surface area contributed by atoms with Gasteiger partial charge in [0, 0.05) is 11.8 Å². The number of hydrogen-bond donors (Lipinski definition) is 1. The first-order valence-corrected chi connectivity index (χ1v) is 7.68. The summed E-state index contributed by atoms with van der Waals surface area (Å²) in [5, 5.41) is 2.49. The molecule has 0 spiro atoms. The van der Waals surface area contributed by atoms with Gasteiger partial charge in [0.1, 0.15) is 5.54 Å². The second-order valence-corrected chi connectivity index (χ2v) is 6.89.